The molecule has 4 N–H and O–H groups in total. The average Bonchev–Trinajstić information content (AvgIpc) is 2.42. The lowest BCUT2D eigenvalue weighted by Crippen LogP contribution is -2.99. The lowest BCUT2D eigenvalue weighted by molar-refractivity contribution is -0.991. The van der Waals surface area contributed by atoms with Gasteiger partial charge in [0.2, 0.25) is 5.69 Å². The summed E-state index contributed by atoms with van der Waals surface area (Å²) in [6.07, 6.45) is 1.28. The number of quaternary nitrogens is 1. The fourth-order valence-electron chi connectivity index (χ4n) is 1.50. The van der Waals surface area contributed by atoms with E-state index < -0.39 is 11.1 Å². The molecule has 0 saturated heterocycles. The van der Waals surface area contributed by atoms with Crippen LogP contribution in [-0.4, -0.2) is 20.9 Å². The van der Waals surface area contributed by atoms with E-state index in [0.717, 1.165) is 6.42 Å². The van der Waals surface area contributed by atoms with Gasteiger partial charge in [-0.25, -0.2) is 5.21 Å². The maximum absolute atomic E-state index is 11.1. The number of hydrogen-bond acceptors (Lipinski definition) is 4. The maximum Gasteiger partial charge on any atom is 0.273 e. The normalized spacial score (nSPS) is 12.8. The molecule has 1 aromatic heterocycles. The summed E-state index contributed by atoms with van der Waals surface area (Å²) in [6.45, 7) is 1.91. The van der Waals surface area contributed by atoms with Crippen molar-refractivity contribution >= 4 is 11.6 Å². The van der Waals surface area contributed by atoms with Crippen LogP contribution in [0.4, 0.5) is 5.69 Å². The SMILES string of the molecule is CCCc1nn(C)c(C(N)=O)c1[NH+]([O-])O. The van der Waals surface area contributed by atoms with Gasteiger partial charge in [0.25, 0.3) is 5.91 Å². The molecule has 1 amide bonds. The molecule has 7 nitrogen and oxygen atoms in total. The molecule has 0 radical (unpaired) electrons. The third-order valence-corrected chi connectivity index (χ3v) is 2.05. The van der Waals surface area contributed by atoms with E-state index in [1.165, 1.54) is 11.7 Å². The van der Waals surface area contributed by atoms with E-state index in [9.17, 15) is 10.0 Å². The zero-order chi connectivity index (χ0) is 11.6. The predicted octanol–water partition coefficient (Wildman–Crippen LogP) is -1.13. The minimum Gasteiger partial charge on any atom is -0.595 e. The smallest absolute Gasteiger partial charge is 0.273 e. The Balaban J connectivity index is 3.30. The summed E-state index contributed by atoms with van der Waals surface area (Å²) in [4.78, 5) is 11.1. The van der Waals surface area contributed by atoms with E-state index in [4.69, 9.17) is 10.9 Å². The van der Waals surface area contributed by atoms with Gasteiger partial charge in [0.15, 0.2) is 5.69 Å². The molecule has 7 heteroatoms. The van der Waals surface area contributed by atoms with Gasteiger partial charge in [0.1, 0.15) is 5.69 Å². The van der Waals surface area contributed by atoms with E-state index in [1.54, 1.807) is 0 Å². The van der Waals surface area contributed by atoms with Crippen molar-refractivity contribution in [2.75, 3.05) is 0 Å². The number of nitrogens with zero attached hydrogens (tertiary/aromatic N) is 2. The first-order valence-electron chi connectivity index (χ1n) is 4.58. The molecule has 0 aliphatic heterocycles. The summed E-state index contributed by atoms with van der Waals surface area (Å²) in [5.41, 5.74) is 5.38. The van der Waals surface area contributed by atoms with Gasteiger partial charge in [-0.3, -0.25) is 9.48 Å². The van der Waals surface area contributed by atoms with Gasteiger partial charge in [-0.1, -0.05) is 13.3 Å². The lowest BCUT2D eigenvalue weighted by Gasteiger charge is -2.12. The van der Waals surface area contributed by atoms with Crippen LogP contribution in [0.1, 0.15) is 29.5 Å². The Morgan fingerprint density at radius 2 is 2.33 bits per heavy atom. The van der Waals surface area contributed by atoms with Crippen molar-refractivity contribution in [3.8, 4) is 0 Å². The van der Waals surface area contributed by atoms with Crippen molar-refractivity contribution in [2.24, 2.45) is 12.8 Å². The quantitative estimate of drug-likeness (QED) is 0.551. The number of amides is 1. The Bertz CT molecular complexity index is 372. The van der Waals surface area contributed by atoms with Crippen molar-refractivity contribution < 1.29 is 15.2 Å². The number of carbonyl (C=O) groups is 1. The van der Waals surface area contributed by atoms with Crippen LogP contribution in [0.5, 0.6) is 0 Å². The first-order chi connectivity index (χ1) is 6.99. The zero-order valence-corrected chi connectivity index (χ0v) is 8.65. The predicted molar refractivity (Wildman–Crippen MR) is 51.5 cm³/mol. The molecule has 1 heterocycles. The first kappa shape index (κ1) is 11.6. The number of rotatable bonds is 4. The molecule has 1 unspecified atom stereocenters. The zero-order valence-electron chi connectivity index (χ0n) is 8.65. The van der Waals surface area contributed by atoms with Gasteiger partial charge in [-0.15, -0.1) is 0 Å². The summed E-state index contributed by atoms with van der Waals surface area (Å²) >= 11 is 0. The van der Waals surface area contributed by atoms with Crippen molar-refractivity contribution in [2.45, 2.75) is 19.8 Å². The number of nitrogens with two attached hydrogens (primary N) is 1. The van der Waals surface area contributed by atoms with Crippen molar-refractivity contribution in [3.05, 3.63) is 16.6 Å². The molecule has 0 bridgehead atoms. The second kappa shape index (κ2) is 4.39. The molecule has 1 atom stereocenters. The molecule has 84 valence electrons. The number of aromatic nitrogens is 2. The van der Waals surface area contributed by atoms with E-state index in [2.05, 4.69) is 5.10 Å². The largest absolute Gasteiger partial charge is 0.595 e. The molecular weight excluding hydrogens is 200 g/mol. The van der Waals surface area contributed by atoms with E-state index in [-0.39, 0.29) is 11.4 Å². The van der Waals surface area contributed by atoms with Crippen LogP contribution >= 0.6 is 0 Å². The summed E-state index contributed by atoms with van der Waals surface area (Å²) in [6, 6.07) is 0. The summed E-state index contributed by atoms with van der Waals surface area (Å²) in [5.74, 6) is -0.773. The highest BCUT2D eigenvalue weighted by Gasteiger charge is 2.25. The number of hydrogen-bond donors (Lipinski definition) is 3. The molecule has 0 aliphatic carbocycles. The number of carbonyl (C=O) groups excluding carboxylic acids is 1. The highest BCUT2D eigenvalue weighted by molar-refractivity contribution is 5.95. The van der Waals surface area contributed by atoms with Gasteiger partial charge < -0.3 is 10.9 Å². The molecule has 0 fully saturated rings. The maximum atomic E-state index is 11.1. The van der Waals surface area contributed by atoms with Crippen LogP contribution in [0.3, 0.4) is 0 Å². The van der Waals surface area contributed by atoms with E-state index in [0.29, 0.717) is 12.1 Å². The number of nitrogens with one attached hydrogen (secondary N) is 1. The Morgan fingerprint density at radius 3 is 2.73 bits per heavy atom. The molecule has 1 aromatic rings. The summed E-state index contributed by atoms with van der Waals surface area (Å²) in [7, 11) is 1.51. The van der Waals surface area contributed by atoms with E-state index in [1.807, 2.05) is 6.92 Å². The number of primary amides is 1. The van der Waals surface area contributed by atoms with Crippen LogP contribution in [0.15, 0.2) is 0 Å². The van der Waals surface area contributed by atoms with Crippen molar-refractivity contribution in [1.82, 2.24) is 9.78 Å². The standard InChI is InChI=1S/C8H14N4O3/c1-3-4-5-6(12(14)15)7(8(9)13)11(2)10-5/h12,14H,3-4H2,1-2H3,(H2,9,13). The summed E-state index contributed by atoms with van der Waals surface area (Å²) < 4.78 is 1.22. The highest BCUT2D eigenvalue weighted by Crippen LogP contribution is 2.16. The molecule has 0 spiro atoms. The third-order valence-electron chi connectivity index (χ3n) is 2.05. The minimum atomic E-state index is -1.17. The molecule has 0 saturated carbocycles. The average molecular weight is 214 g/mol. The van der Waals surface area contributed by atoms with Crippen LogP contribution < -0.4 is 11.0 Å². The van der Waals surface area contributed by atoms with Gasteiger partial charge in [0.05, 0.1) is 0 Å². The fourth-order valence-corrected chi connectivity index (χ4v) is 1.50. The lowest BCUT2D eigenvalue weighted by atomic mass is 10.2. The Kier molecular flexibility index (Phi) is 3.40. The number of aryl methyl sites for hydroxylation is 2. The molecule has 1 rings (SSSR count). The summed E-state index contributed by atoms with van der Waals surface area (Å²) in [5, 5.41) is 22.8. The van der Waals surface area contributed by atoms with E-state index >= 15 is 0 Å². The highest BCUT2D eigenvalue weighted by atomic mass is 16.8. The molecule has 0 aliphatic rings. The fraction of sp³-hybridized carbons (Fsp3) is 0.500. The van der Waals surface area contributed by atoms with Gasteiger partial charge in [0, 0.05) is 7.05 Å². The Morgan fingerprint density at radius 1 is 1.73 bits per heavy atom. The molecular formula is C8H14N4O3. The van der Waals surface area contributed by atoms with Crippen LogP contribution in [0.2, 0.25) is 0 Å². The Hall–Kier alpha value is -1.44. The topological polar surface area (TPSA) is 109 Å². The van der Waals surface area contributed by atoms with Crippen LogP contribution in [-0.2, 0) is 13.5 Å². The first-order valence-corrected chi connectivity index (χ1v) is 4.58. The second-order valence-corrected chi connectivity index (χ2v) is 3.21. The van der Waals surface area contributed by atoms with Gasteiger partial charge in [-0.2, -0.15) is 10.3 Å². The van der Waals surface area contributed by atoms with Crippen LogP contribution in [0, 0.1) is 5.21 Å². The van der Waals surface area contributed by atoms with Crippen molar-refractivity contribution in [3.63, 3.8) is 0 Å². The van der Waals surface area contributed by atoms with Crippen LogP contribution in [0.25, 0.3) is 0 Å². The van der Waals surface area contributed by atoms with Gasteiger partial charge in [-0.05, 0) is 6.42 Å². The van der Waals surface area contributed by atoms with Crippen molar-refractivity contribution in [1.29, 1.82) is 0 Å². The van der Waals surface area contributed by atoms with Gasteiger partial charge >= 0.3 is 0 Å². The third kappa shape index (κ3) is 2.14. The Labute approximate surface area is 86.6 Å². The monoisotopic (exact) mass is 214 g/mol. The minimum absolute atomic E-state index is 0.0500. The second-order valence-electron chi connectivity index (χ2n) is 3.21. The molecule has 0 aromatic carbocycles. The molecule has 15 heavy (non-hydrogen) atoms.